The normalized spacial score (nSPS) is 26.1. The lowest BCUT2D eigenvalue weighted by Gasteiger charge is -2.26. The van der Waals surface area contributed by atoms with Crippen molar-refractivity contribution >= 4 is 29.5 Å². The molecule has 0 spiro atoms. The minimum atomic E-state index is -0.553. The van der Waals surface area contributed by atoms with Crippen molar-refractivity contribution in [3.8, 4) is 5.75 Å². The van der Waals surface area contributed by atoms with E-state index in [0.717, 1.165) is 43.4 Å². The average Bonchev–Trinajstić information content (AvgIpc) is 3.25. The summed E-state index contributed by atoms with van der Waals surface area (Å²) in [6.45, 7) is 4.81. The van der Waals surface area contributed by atoms with Gasteiger partial charge in [-0.2, -0.15) is 0 Å². The second-order valence-electron chi connectivity index (χ2n) is 7.99. The number of hydrogen-bond acceptors (Lipinski definition) is 5. The van der Waals surface area contributed by atoms with Crippen molar-refractivity contribution < 1.29 is 14.6 Å². The highest BCUT2D eigenvalue weighted by Gasteiger charge is 2.37. The Morgan fingerprint density at radius 1 is 1.24 bits per heavy atom. The topological polar surface area (TPSA) is 58.6 Å². The van der Waals surface area contributed by atoms with Gasteiger partial charge >= 0.3 is 0 Å². The Hall–Kier alpha value is -1.40. The van der Waals surface area contributed by atoms with Crippen LogP contribution >= 0.6 is 23.7 Å². The van der Waals surface area contributed by atoms with E-state index in [1.165, 1.54) is 15.3 Å². The first-order valence-electron chi connectivity index (χ1n) is 10.4. The number of aryl methyl sites for hydroxylation is 3. The Balaban J connectivity index is 0.00000240. The van der Waals surface area contributed by atoms with Crippen LogP contribution in [0.25, 0.3) is 0 Å². The van der Waals surface area contributed by atoms with Crippen LogP contribution in [0.3, 0.4) is 0 Å². The molecule has 0 bridgehead atoms. The summed E-state index contributed by atoms with van der Waals surface area (Å²) in [5, 5.41) is 14.2. The zero-order valence-corrected chi connectivity index (χ0v) is 18.7. The number of hydrogen-bond donors (Lipinski definition) is 2. The number of ether oxygens (including phenoxy) is 1. The molecule has 1 aromatic carbocycles. The second kappa shape index (κ2) is 9.61. The van der Waals surface area contributed by atoms with E-state index in [-0.39, 0.29) is 36.3 Å². The Labute approximate surface area is 183 Å². The molecule has 1 aromatic heterocycles. The molecular formula is C23H30ClNO3S. The van der Waals surface area contributed by atoms with E-state index in [1.807, 2.05) is 24.3 Å². The van der Waals surface area contributed by atoms with Gasteiger partial charge in [0, 0.05) is 33.8 Å². The van der Waals surface area contributed by atoms with Crippen molar-refractivity contribution in [2.45, 2.75) is 64.2 Å². The Morgan fingerprint density at radius 2 is 2.03 bits per heavy atom. The van der Waals surface area contributed by atoms with Crippen LogP contribution in [-0.4, -0.2) is 35.7 Å². The molecule has 4 atom stereocenters. The van der Waals surface area contributed by atoms with Gasteiger partial charge < -0.3 is 15.2 Å². The highest BCUT2D eigenvalue weighted by Crippen LogP contribution is 2.32. The number of para-hydroxylation sites is 1. The smallest absolute Gasteiger partial charge is 0.168 e. The molecule has 0 amide bonds. The van der Waals surface area contributed by atoms with Gasteiger partial charge in [0.15, 0.2) is 5.78 Å². The number of halogens is 1. The number of benzene rings is 1. The molecule has 2 aliphatic rings. The van der Waals surface area contributed by atoms with Gasteiger partial charge in [0.2, 0.25) is 0 Å². The lowest BCUT2D eigenvalue weighted by atomic mass is 9.87. The standard InChI is InChI=1S/C23H29NO3S.ClH/c1-3-15-6-4-5-7-19(15)27-20-10-9-18(23(20)26)24-13-16-8-11-21-17(22(16)25)12-14(2)28-21;/h4-7,12,16,18,20,23-24,26H,3,8-11,13H2,1-2H3;1H. The molecule has 1 heterocycles. The van der Waals surface area contributed by atoms with Crippen molar-refractivity contribution in [2.24, 2.45) is 5.92 Å². The summed E-state index contributed by atoms with van der Waals surface area (Å²) in [5.41, 5.74) is 2.09. The highest BCUT2D eigenvalue weighted by atomic mass is 35.5. The van der Waals surface area contributed by atoms with Crippen LogP contribution < -0.4 is 10.1 Å². The minimum Gasteiger partial charge on any atom is -0.487 e. The second-order valence-corrected chi connectivity index (χ2v) is 9.33. The molecule has 4 nitrogen and oxygen atoms in total. The molecular weight excluding hydrogens is 406 g/mol. The maximum Gasteiger partial charge on any atom is 0.168 e. The van der Waals surface area contributed by atoms with Crippen molar-refractivity contribution in [3.63, 3.8) is 0 Å². The van der Waals surface area contributed by atoms with Gasteiger partial charge in [-0.1, -0.05) is 25.1 Å². The number of thiophene rings is 1. The zero-order chi connectivity index (χ0) is 19.7. The van der Waals surface area contributed by atoms with Crippen LogP contribution in [0.2, 0.25) is 0 Å². The van der Waals surface area contributed by atoms with Gasteiger partial charge in [-0.15, -0.1) is 23.7 Å². The van der Waals surface area contributed by atoms with Crippen LogP contribution in [0.5, 0.6) is 5.75 Å². The number of aliphatic hydroxyl groups is 1. The molecule has 6 heteroatoms. The minimum absolute atomic E-state index is 0. The summed E-state index contributed by atoms with van der Waals surface area (Å²) in [7, 11) is 0. The summed E-state index contributed by atoms with van der Waals surface area (Å²) in [6, 6.07) is 10.1. The van der Waals surface area contributed by atoms with Gasteiger partial charge in [0.25, 0.3) is 0 Å². The van der Waals surface area contributed by atoms with Crippen molar-refractivity contribution in [2.75, 3.05) is 6.54 Å². The molecule has 29 heavy (non-hydrogen) atoms. The SMILES string of the molecule is CCc1ccccc1OC1CCC(NCC2CCc3sc(C)cc3C2=O)C1O.Cl. The summed E-state index contributed by atoms with van der Waals surface area (Å²) in [5.74, 6) is 1.14. The van der Waals surface area contributed by atoms with Crippen LogP contribution in [-0.2, 0) is 12.8 Å². The monoisotopic (exact) mass is 435 g/mol. The van der Waals surface area contributed by atoms with E-state index >= 15 is 0 Å². The third kappa shape index (κ3) is 4.69. The van der Waals surface area contributed by atoms with Crippen LogP contribution in [0.1, 0.15) is 51.9 Å². The first-order chi connectivity index (χ1) is 13.6. The molecule has 158 valence electrons. The fraction of sp³-hybridized carbons (Fsp3) is 0.522. The average molecular weight is 436 g/mol. The van der Waals surface area contributed by atoms with E-state index in [2.05, 4.69) is 25.2 Å². The first kappa shape index (κ1) is 22.3. The van der Waals surface area contributed by atoms with Crippen molar-refractivity contribution in [1.29, 1.82) is 0 Å². The third-order valence-electron chi connectivity index (χ3n) is 6.10. The summed E-state index contributed by atoms with van der Waals surface area (Å²) in [4.78, 5) is 15.2. The lowest BCUT2D eigenvalue weighted by Crippen LogP contribution is -2.44. The van der Waals surface area contributed by atoms with E-state index in [4.69, 9.17) is 4.74 Å². The Kier molecular flexibility index (Phi) is 7.38. The van der Waals surface area contributed by atoms with Crippen LogP contribution in [0.4, 0.5) is 0 Å². The van der Waals surface area contributed by atoms with Gasteiger partial charge in [-0.25, -0.2) is 0 Å². The van der Waals surface area contributed by atoms with Gasteiger partial charge in [-0.3, -0.25) is 4.79 Å². The number of carbonyl (C=O) groups is 1. The number of rotatable bonds is 6. The molecule has 2 aromatic rings. The maximum atomic E-state index is 12.8. The molecule has 4 rings (SSSR count). The maximum absolute atomic E-state index is 12.8. The fourth-order valence-corrected chi connectivity index (χ4v) is 5.53. The largest absolute Gasteiger partial charge is 0.487 e. The Bertz CT molecular complexity index is 852. The van der Waals surface area contributed by atoms with Gasteiger partial charge in [0.1, 0.15) is 18.0 Å². The Morgan fingerprint density at radius 3 is 2.83 bits per heavy atom. The molecule has 0 saturated heterocycles. The third-order valence-corrected chi connectivity index (χ3v) is 7.21. The molecule has 1 saturated carbocycles. The van der Waals surface area contributed by atoms with Crippen LogP contribution in [0.15, 0.2) is 30.3 Å². The molecule has 0 aliphatic heterocycles. The van der Waals surface area contributed by atoms with Crippen molar-refractivity contribution in [1.82, 2.24) is 5.32 Å². The highest BCUT2D eigenvalue weighted by molar-refractivity contribution is 7.12. The number of aliphatic hydroxyl groups excluding tert-OH is 1. The predicted octanol–water partition coefficient (Wildman–Crippen LogP) is 4.35. The molecule has 4 unspecified atom stereocenters. The summed E-state index contributed by atoms with van der Waals surface area (Å²) < 4.78 is 6.15. The lowest BCUT2D eigenvalue weighted by molar-refractivity contribution is 0.0437. The number of nitrogens with one attached hydrogen (secondary N) is 1. The fourth-order valence-electron chi connectivity index (χ4n) is 4.47. The van der Waals surface area contributed by atoms with Crippen molar-refractivity contribution in [3.05, 3.63) is 51.2 Å². The number of fused-ring (bicyclic) bond motifs is 1. The van der Waals surface area contributed by atoms with E-state index in [0.29, 0.717) is 6.54 Å². The quantitative estimate of drug-likeness (QED) is 0.708. The number of carbonyl (C=O) groups excluding carboxylic acids is 1. The first-order valence-corrected chi connectivity index (χ1v) is 11.2. The van der Waals surface area contributed by atoms with Crippen LogP contribution in [0, 0.1) is 12.8 Å². The van der Waals surface area contributed by atoms with Gasteiger partial charge in [-0.05, 0) is 56.7 Å². The summed E-state index contributed by atoms with van der Waals surface area (Å²) >= 11 is 1.75. The van der Waals surface area contributed by atoms with Gasteiger partial charge in [0.05, 0.1) is 0 Å². The number of Topliss-reactive ketones (excluding diaryl/α,β-unsaturated/α-hetero) is 1. The van der Waals surface area contributed by atoms with E-state index < -0.39 is 6.10 Å². The summed E-state index contributed by atoms with van der Waals surface area (Å²) in [6.07, 6.45) is 3.73. The molecule has 2 N–H and O–H groups in total. The zero-order valence-electron chi connectivity index (χ0n) is 17.0. The number of ketones is 1. The van der Waals surface area contributed by atoms with E-state index in [9.17, 15) is 9.90 Å². The molecule has 2 aliphatic carbocycles. The predicted molar refractivity (Wildman–Crippen MR) is 120 cm³/mol. The van der Waals surface area contributed by atoms with E-state index in [1.54, 1.807) is 11.3 Å². The molecule has 1 fully saturated rings. The molecule has 0 radical (unpaired) electrons.